The van der Waals surface area contributed by atoms with Gasteiger partial charge in [0.25, 0.3) is 0 Å². The van der Waals surface area contributed by atoms with Crippen molar-refractivity contribution in [3.8, 4) is 22.6 Å². The Balaban J connectivity index is 0.922. The summed E-state index contributed by atoms with van der Waals surface area (Å²) in [7, 11) is 1.65. The molecule has 5 aromatic carbocycles. The summed E-state index contributed by atoms with van der Waals surface area (Å²) < 4.78 is 57.1. The molecule has 8 rings (SSSR count). The lowest BCUT2D eigenvalue weighted by Gasteiger charge is -2.37. The molecule has 336 valence electrons. The average Bonchev–Trinajstić information content (AvgIpc) is 3.70. The van der Waals surface area contributed by atoms with E-state index in [2.05, 4.69) is 62.3 Å². The summed E-state index contributed by atoms with van der Waals surface area (Å²) in [6.07, 6.45) is 0.650. The first-order valence-corrected chi connectivity index (χ1v) is 22.7. The summed E-state index contributed by atoms with van der Waals surface area (Å²) in [5, 5.41) is 7.95. The smallest absolute Gasteiger partial charge is 0.417 e. The molecule has 3 heterocycles. The van der Waals surface area contributed by atoms with Crippen molar-refractivity contribution in [2.24, 2.45) is 0 Å². The molecule has 0 unspecified atom stereocenters. The lowest BCUT2D eigenvalue weighted by Crippen LogP contribution is -2.57. The SMILES string of the molecule is COc1cccc(COc2ccc(CNC3(C(=O)CCCCn4cc(-c5ccccc5C(F)(F)F)c5c(CN6CCN(Cc7ccc(C)cc7)CC6)cccc54)CCNCC3)cc2)c1. The number of piperazine rings is 1. The molecule has 2 fully saturated rings. The minimum Gasteiger partial charge on any atom is -0.497 e. The molecule has 8 nitrogen and oxygen atoms in total. The second-order valence-corrected chi connectivity index (χ2v) is 17.5. The number of halogens is 3. The topological polar surface area (TPSA) is 71.0 Å². The van der Waals surface area contributed by atoms with Gasteiger partial charge in [-0.25, -0.2) is 0 Å². The molecule has 1 aromatic heterocycles. The minimum atomic E-state index is -4.50. The highest BCUT2D eigenvalue weighted by molar-refractivity contribution is 5.99. The summed E-state index contributed by atoms with van der Waals surface area (Å²) in [4.78, 5) is 19.0. The van der Waals surface area contributed by atoms with E-state index in [0.29, 0.717) is 63.9 Å². The fourth-order valence-corrected chi connectivity index (χ4v) is 9.33. The minimum absolute atomic E-state index is 0.193. The van der Waals surface area contributed by atoms with Gasteiger partial charge in [-0.3, -0.25) is 14.6 Å². The van der Waals surface area contributed by atoms with Crippen LogP contribution in [-0.2, 0) is 43.8 Å². The Morgan fingerprint density at radius 3 is 2.19 bits per heavy atom. The zero-order valence-electron chi connectivity index (χ0n) is 37.1. The molecule has 0 radical (unpaired) electrons. The zero-order valence-corrected chi connectivity index (χ0v) is 37.1. The molecule has 2 aliphatic heterocycles. The molecule has 0 bridgehead atoms. The summed E-state index contributed by atoms with van der Waals surface area (Å²) in [5.74, 6) is 1.78. The maximum Gasteiger partial charge on any atom is 0.417 e. The zero-order chi connectivity index (χ0) is 44.5. The van der Waals surface area contributed by atoms with E-state index in [1.165, 1.54) is 23.3 Å². The van der Waals surface area contributed by atoms with Gasteiger partial charge in [-0.1, -0.05) is 84.4 Å². The summed E-state index contributed by atoms with van der Waals surface area (Å²) in [5.41, 5.74) is 6.13. The summed E-state index contributed by atoms with van der Waals surface area (Å²) in [6.45, 7) is 10.4. The molecular weight excluding hydrogens is 812 g/mol. The van der Waals surface area contributed by atoms with Crippen LogP contribution < -0.4 is 20.1 Å². The van der Waals surface area contributed by atoms with Crippen molar-refractivity contribution in [3.05, 3.63) is 155 Å². The number of piperidine rings is 1. The number of ether oxygens (including phenoxy) is 2. The van der Waals surface area contributed by atoms with Crippen LogP contribution in [0.2, 0.25) is 0 Å². The highest BCUT2D eigenvalue weighted by Crippen LogP contribution is 2.41. The van der Waals surface area contributed by atoms with Gasteiger partial charge in [0.2, 0.25) is 0 Å². The number of nitrogens with one attached hydrogen (secondary N) is 2. The number of Topliss-reactive ketones (excluding diaryl/α,β-unsaturated/α-hetero) is 1. The van der Waals surface area contributed by atoms with Crippen LogP contribution in [0.5, 0.6) is 11.5 Å². The van der Waals surface area contributed by atoms with Crippen LogP contribution in [0.1, 0.15) is 65.5 Å². The van der Waals surface area contributed by atoms with E-state index >= 15 is 0 Å². The van der Waals surface area contributed by atoms with Crippen LogP contribution in [0, 0.1) is 6.92 Å². The first-order chi connectivity index (χ1) is 31.1. The van der Waals surface area contributed by atoms with Gasteiger partial charge in [-0.05, 0) is 110 Å². The predicted octanol–water partition coefficient (Wildman–Crippen LogP) is 10.2. The number of carbonyl (C=O) groups excluding carboxylic acids is 1. The number of rotatable bonds is 18. The van der Waals surface area contributed by atoms with Crippen molar-refractivity contribution < 1.29 is 27.4 Å². The van der Waals surface area contributed by atoms with E-state index in [4.69, 9.17) is 9.47 Å². The molecular formula is C53H60F3N5O3. The van der Waals surface area contributed by atoms with E-state index in [0.717, 1.165) is 84.9 Å². The number of methoxy groups -OCH3 is 1. The first-order valence-electron chi connectivity index (χ1n) is 22.7. The number of fused-ring (bicyclic) bond motifs is 1. The van der Waals surface area contributed by atoms with Gasteiger partial charge in [0.15, 0.2) is 5.78 Å². The quantitative estimate of drug-likeness (QED) is 0.0834. The van der Waals surface area contributed by atoms with E-state index in [1.807, 2.05) is 66.9 Å². The fraction of sp³-hybridized carbons (Fsp3) is 0.377. The van der Waals surface area contributed by atoms with Crippen LogP contribution in [0.25, 0.3) is 22.0 Å². The summed E-state index contributed by atoms with van der Waals surface area (Å²) >= 11 is 0. The van der Waals surface area contributed by atoms with Crippen molar-refractivity contribution in [2.45, 2.75) is 83.5 Å². The van der Waals surface area contributed by atoms with Gasteiger partial charge in [0.1, 0.15) is 18.1 Å². The monoisotopic (exact) mass is 871 g/mol. The number of hydrogen-bond donors (Lipinski definition) is 2. The average molecular weight is 872 g/mol. The van der Waals surface area contributed by atoms with Gasteiger partial charge in [0, 0.05) is 81.4 Å². The second-order valence-electron chi connectivity index (χ2n) is 17.5. The third kappa shape index (κ3) is 11.1. The second kappa shape index (κ2) is 20.6. The number of alkyl halides is 3. The van der Waals surface area contributed by atoms with E-state index < -0.39 is 17.3 Å². The van der Waals surface area contributed by atoms with Crippen molar-refractivity contribution in [1.82, 2.24) is 25.0 Å². The Morgan fingerprint density at radius 1 is 0.750 bits per heavy atom. The molecule has 0 aliphatic carbocycles. The maximum absolute atomic E-state index is 14.5. The number of aromatic nitrogens is 1. The molecule has 2 aliphatic rings. The predicted molar refractivity (Wildman–Crippen MR) is 248 cm³/mol. The summed E-state index contributed by atoms with van der Waals surface area (Å²) in [6, 6.07) is 36.6. The number of unbranched alkanes of at least 4 members (excludes halogenated alkanes) is 1. The highest BCUT2D eigenvalue weighted by atomic mass is 19.4. The van der Waals surface area contributed by atoms with Crippen molar-refractivity contribution in [3.63, 3.8) is 0 Å². The van der Waals surface area contributed by atoms with Gasteiger partial charge < -0.3 is 24.7 Å². The highest BCUT2D eigenvalue weighted by Gasteiger charge is 2.38. The Kier molecular flexibility index (Phi) is 14.5. The number of hydrogen-bond acceptors (Lipinski definition) is 7. The van der Waals surface area contributed by atoms with E-state index in [9.17, 15) is 18.0 Å². The molecule has 0 spiro atoms. The Morgan fingerprint density at radius 2 is 1.45 bits per heavy atom. The molecule has 2 N–H and O–H groups in total. The van der Waals surface area contributed by atoms with Crippen LogP contribution in [0.4, 0.5) is 13.2 Å². The number of aryl methyl sites for hydroxylation is 2. The van der Waals surface area contributed by atoms with Crippen LogP contribution in [0.3, 0.4) is 0 Å². The molecule has 2 saturated heterocycles. The van der Waals surface area contributed by atoms with E-state index in [-0.39, 0.29) is 11.3 Å². The lowest BCUT2D eigenvalue weighted by atomic mass is 9.82. The molecule has 11 heteroatoms. The maximum atomic E-state index is 14.5. The third-order valence-corrected chi connectivity index (χ3v) is 13.0. The van der Waals surface area contributed by atoms with Crippen LogP contribution in [-0.4, -0.2) is 72.1 Å². The molecule has 0 atom stereocenters. The van der Waals surface area contributed by atoms with E-state index in [1.54, 1.807) is 19.2 Å². The Hall–Kier alpha value is -5.46. The number of benzene rings is 5. The van der Waals surface area contributed by atoms with Gasteiger partial charge in [-0.2, -0.15) is 13.2 Å². The largest absolute Gasteiger partial charge is 0.497 e. The Labute approximate surface area is 375 Å². The molecule has 6 aromatic rings. The van der Waals surface area contributed by atoms with Crippen molar-refractivity contribution >= 4 is 16.7 Å². The normalized spacial score (nSPS) is 16.0. The standard InChI is InChI=1S/C53H60F3N5O3/c1-39-16-18-41(19-17-39)35-59-29-31-60(32-30-59)36-43-10-8-14-49-51(43)47(46-12-3-4-13-48(46)53(54,55)56)37-61(49)28-6-5-15-50(62)52(24-26-57-27-25-52)58-34-40-20-22-44(23-21-40)64-38-42-9-7-11-45(33-42)63-2/h3-4,7-14,16-23,33,37,57-58H,5-6,15,24-32,34-36,38H2,1-2H3. The molecule has 64 heavy (non-hydrogen) atoms. The van der Waals surface area contributed by atoms with Gasteiger partial charge in [0.05, 0.1) is 18.2 Å². The first kappa shape index (κ1) is 45.1. The number of carbonyl (C=O) groups is 1. The molecule has 0 saturated carbocycles. The third-order valence-electron chi connectivity index (χ3n) is 13.0. The van der Waals surface area contributed by atoms with Crippen LogP contribution >= 0.6 is 0 Å². The Bertz CT molecular complexity index is 2470. The molecule has 0 amide bonds. The van der Waals surface area contributed by atoms with Gasteiger partial charge in [-0.15, -0.1) is 0 Å². The number of ketones is 1. The lowest BCUT2D eigenvalue weighted by molar-refractivity contribution is -0.137. The van der Waals surface area contributed by atoms with Crippen molar-refractivity contribution in [2.75, 3.05) is 46.4 Å². The van der Waals surface area contributed by atoms with Crippen LogP contribution in [0.15, 0.2) is 121 Å². The number of nitrogens with zero attached hydrogens (tertiary/aromatic N) is 3. The fourth-order valence-electron chi connectivity index (χ4n) is 9.33. The van der Waals surface area contributed by atoms with Crippen molar-refractivity contribution in [1.29, 1.82) is 0 Å². The van der Waals surface area contributed by atoms with Gasteiger partial charge >= 0.3 is 6.18 Å².